The molecule has 1 aliphatic rings. The van der Waals surface area contributed by atoms with E-state index in [4.69, 9.17) is 13.9 Å². The Bertz CT molecular complexity index is 1800. The average Bonchev–Trinajstić information content (AvgIpc) is 3.13. The van der Waals surface area contributed by atoms with Gasteiger partial charge in [-0.05, 0) is 81.3 Å². The number of carbonyl (C=O) groups excluding carboxylic acids is 3. The molecule has 210 valence electrons. The summed E-state index contributed by atoms with van der Waals surface area (Å²) in [7, 11) is 0. The Morgan fingerprint density at radius 2 is 1.51 bits per heavy atom. The van der Waals surface area contributed by atoms with Crippen LogP contribution >= 0.6 is 0 Å². The van der Waals surface area contributed by atoms with Crippen molar-refractivity contribution in [3.8, 4) is 17.2 Å². The van der Waals surface area contributed by atoms with Gasteiger partial charge in [0.25, 0.3) is 17.6 Å². The second-order valence-electron chi connectivity index (χ2n) is 9.89. The molecule has 1 aliphatic heterocycles. The number of carbonyl (C=O) groups is 3. The lowest BCUT2D eigenvalue weighted by molar-refractivity contribution is -0.154. The molecule has 1 aromatic heterocycles. The van der Waals surface area contributed by atoms with Crippen molar-refractivity contribution in [3.05, 3.63) is 98.4 Å². The number of imide groups is 1. The van der Waals surface area contributed by atoms with Crippen molar-refractivity contribution in [3.63, 3.8) is 0 Å². The zero-order valence-corrected chi connectivity index (χ0v) is 22.2. The maximum atomic E-state index is 13.9. The molecule has 0 atom stereocenters. The summed E-state index contributed by atoms with van der Waals surface area (Å²) >= 11 is 0. The smallest absolute Gasteiger partial charge is 0.449 e. The molecule has 0 N–H and O–H groups in total. The van der Waals surface area contributed by atoms with Crippen molar-refractivity contribution in [2.45, 2.75) is 39.9 Å². The van der Waals surface area contributed by atoms with E-state index in [9.17, 15) is 32.3 Å². The number of halogens is 3. The normalized spacial score (nSPS) is 13.2. The third kappa shape index (κ3) is 5.06. The summed E-state index contributed by atoms with van der Waals surface area (Å²) in [6, 6.07) is 11.6. The largest absolute Gasteiger partial charge is 0.453 e. The summed E-state index contributed by atoms with van der Waals surface area (Å²) in [6.45, 7) is 6.82. The number of nitrogens with zero attached hydrogens (tertiary/aromatic N) is 1. The van der Waals surface area contributed by atoms with E-state index < -0.39 is 52.5 Å². The highest BCUT2D eigenvalue weighted by molar-refractivity contribution is 6.22. The van der Waals surface area contributed by atoms with Crippen LogP contribution < -0.4 is 14.9 Å². The first-order valence-corrected chi connectivity index (χ1v) is 12.4. The summed E-state index contributed by atoms with van der Waals surface area (Å²) in [5.41, 5.74) is 0.0173. The van der Waals surface area contributed by atoms with Crippen LogP contribution in [-0.4, -0.2) is 28.7 Å². The molecule has 0 radical (unpaired) electrons. The minimum atomic E-state index is -5.08. The number of amides is 2. The van der Waals surface area contributed by atoms with Crippen molar-refractivity contribution in [2.75, 3.05) is 0 Å². The second-order valence-corrected chi connectivity index (χ2v) is 9.89. The topological polar surface area (TPSA) is 103 Å². The van der Waals surface area contributed by atoms with E-state index in [0.717, 1.165) is 28.2 Å². The van der Waals surface area contributed by atoms with Crippen molar-refractivity contribution in [1.82, 2.24) is 4.90 Å². The predicted octanol–water partition coefficient (Wildman–Crippen LogP) is 6.44. The molecule has 4 aromatic rings. The van der Waals surface area contributed by atoms with Crippen molar-refractivity contribution >= 4 is 28.8 Å². The predicted molar refractivity (Wildman–Crippen MR) is 141 cm³/mol. The molecule has 0 fully saturated rings. The van der Waals surface area contributed by atoms with E-state index in [1.54, 1.807) is 33.8 Å². The maximum Gasteiger partial charge on any atom is 0.453 e. The van der Waals surface area contributed by atoms with Gasteiger partial charge in [0, 0.05) is 12.1 Å². The van der Waals surface area contributed by atoms with Crippen molar-refractivity contribution < 1.29 is 41.4 Å². The molecular weight excluding hydrogens is 543 g/mol. The van der Waals surface area contributed by atoms with E-state index in [2.05, 4.69) is 0 Å². The van der Waals surface area contributed by atoms with Gasteiger partial charge in [-0.25, -0.2) is 4.79 Å². The Morgan fingerprint density at radius 1 is 0.854 bits per heavy atom. The van der Waals surface area contributed by atoms with Crippen LogP contribution in [0.2, 0.25) is 0 Å². The van der Waals surface area contributed by atoms with Crippen LogP contribution in [0, 0.1) is 13.8 Å². The molecule has 0 saturated heterocycles. The van der Waals surface area contributed by atoms with Crippen molar-refractivity contribution in [2.24, 2.45) is 0 Å². The molecule has 0 unspecified atom stereocenters. The van der Waals surface area contributed by atoms with Crippen LogP contribution in [0.25, 0.3) is 11.0 Å². The van der Waals surface area contributed by atoms with Gasteiger partial charge in [0.2, 0.25) is 11.2 Å². The van der Waals surface area contributed by atoms with Gasteiger partial charge in [0.1, 0.15) is 17.1 Å². The van der Waals surface area contributed by atoms with E-state index in [-0.39, 0.29) is 33.6 Å². The van der Waals surface area contributed by atoms with Crippen LogP contribution in [-0.2, 0) is 6.18 Å². The van der Waals surface area contributed by atoms with Gasteiger partial charge < -0.3 is 13.9 Å². The molecule has 2 heterocycles. The summed E-state index contributed by atoms with van der Waals surface area (Å²) in [5, 5.41) is -0.229. The number of hydrogen-bond acceptors (Lipinski definition) is 7. The van der Waals surface area contributed by atoms with E-state index >= 15 is 0 Å². The van der Waals surface area contributed by atoms with Gasteiger partial charge >= 0.3 is 12.1 Å². The number of rotatable bonds is 5. The van der Waals surface area contributed by atoms with Gasteiger partial charge in [0.05, 0.1) is 22.1 Å². The minimum Gasteiger partial charge on any atom is -0.449 e. The van der Waals surface area contributed by atoms with Crippen LogP contribution in [0.3, 0.4) is 0 Å². The van der Waals surface area contributed by atoms with E-state index in [1.165, 1.54) is 36.4 Å². The Labute approximate surface area is 230 Å². The second kappa shape index (κ2) is 9.92. The van der Waals surface area contributed by atoms with Crippen molar-refractivity contribution in [1.29, 1.82) is 0 Å². The fourth-order valence-electron chi connectivity index (χ4n) is 4.63. The molecule has 11 heteroatoms. The fraction of sp³-hybridized carbons (Fsp3) is 0.200. The number of aryl methyl sites for hydroxylation is 2. The Hall–Kier alpha value is -4.93. The Balaban J connectivity index is 1.48. The minimum absolute atomic E-state index is 0.0359. The van der Waals surface area contributed by atoms with Gasteiger partial charge in [-0.15, -0.1) is 0 Å². The number of ether oxygens (including phenoxy) is 2. The SMILES string of the molecule is Cc1cc(C)cc(Oc2c(C(F)(F)F)oc3cc(OC(=O)c4ccc5c(c4)C(=O)N(C(C)C)C5=O)ccc3c2=O)c1. The average molecular weight is 566 g/mol. The number of hydrogen-bond donors (Lipinski definition) is 0. The molecule has 0 aliphatic carbocycles. The molecular formula is C30H22F3NO7. The third-order valence-corrected chi connectivity index (χ3v) is 6.38. The molecule has 0 spiro atoms. The maximum absolute atomic E-state index is 13.9. The van der Waals surface area contributed by atoms with E-state index in [1.807, 2.05) is 0 Å². The summed E-state index contributed by atoms with van der Waals surface area (Å²) in [5.74, 6) is -4.82. The number of benzene rings is 3. The van der Waals surface area contributed by atoms with Crippen LogP contribution in [0.5, 0.6) is 17.2 Å². The highest BCUT2D eigenvalue weighted by Gasteiger charge is 2.41. The lowest BCUT2D eigenvalue weighted by Gasteiger charge is -2.17. The number of fused-ring (bicyclic) bond motifs is 2. The molecule has 0 bridgehead atoms. The fourth-order valence-corrected chi connectivity index (χ4v) is 4.63. The summed E-state index contributed by atoms with van der Waals surface area (Å²) < 4.78 is 57.6. The van der Waals surface area contributed by atoms with Crippen LogP contribution in [0.15, 0.2) is 63.8 Å². The first kappa shape index (κ1) is 27.6. The molecule has 8 nitrogen and oxygen atoms in total. The standard InChI is InChI=1S/C30H22F3NO7/c1-14(2)34-27(36)20-7-5-17(12-22(20)28(34)37)29(38)40-18-6-8-21-23(13-18)41-26(30(31,32)33)25(24(21)35)39-19-10-15(3)9-16(4)11-19/h5-14H,1-4H3. The third-order valence-electron chi connectivity index (χ3n) is 6.38. The molecule has 41 heavy (non-hydrogen) atoms. The van der Waals surface area contributed by atoms with E-state index in [0.29, 0.717) is 0 Å². The highest BCUT2D eigenvalue weighted by atomic mass is 19.4. The van der Waals surface area contributed by atoms with Gasteiger partial charge in [-0.2, -0.15) is 13.2 Å². The number of alkyl halides is 3. The first-order chi connectivity index (χ1) is 19.2. The number of esters is 1. The lowest BCUT2D eigenvalue weighted by atomic mass is 10.1. The molecule has 3 aromatic carbocycles. The zero-order chi connectivity index (χ0) is 29.8. The highest BCUT2D eigenvalue weighted by Crippen LogP contribution is 2.39. The molecule has 5 rings (SSSR count). The summed E-state index contributed by atoms with van der Waals surface area (Å²) in [4.78, 5) is 52.2. The monoisotopic (exact) mass is 565 g/mol. The quantitative estimate of drug-likeness (QED) is 0.156. The van der Waals surface area contributed by atoms with Gasteiger partial charge in [-0.3, -0.25) is 19.3 Å². The summed E-state index contributed by atoms with van der Waals surface area (Å²) in [6.07, 6.45) is -5.08. The lowest BCUT2D eigenvalue weighted by Crippen LogP contribution is -2.35. The van der Waals surface area contributed by atoms with Crippen LogP contribution in [0.1, 0.15) is 61.8 Å². The Morgan fingerprint density at radius 3 is 2.15 bits per heavy atom. The zero-order valence-electron chi connectivity index (χ0n) is 22.2. The Kier molecular flexibility index (Phi) is 6.68. The molecule has 2 amide bonds. The van der Waals surface area contributed by atoms with Gasteiger partial charge in [0.15, 0.2) is 0 Å². The first-order valence-electron chi connectivity index (χ1n) is 12.4. The van der Waals surface area contributed by atoms with Crippen LogP contribution in [0.4, 0.5) is 13.2 Å². The molecule has 0 saturated carbocycles. The van der Waals surface area contributed by atoms with Gasteiger partial charge in [-0.1, -0.05) is 6.07 Å².